The second kappa shape index (κ2) is 11.1. The van der Waals surface area contributed by atoms with Gasteiger partial charge < -0.3 is 18.3 Å². The van der Waals surface area contributed by atoms with E-state index in [1.54, 1.807) is 0 Å². The lowest BCUT2D eigenvalue weighted by molar-refractivity contribution is 1.09. The number of benzene rings is 8. The fraction of sp³-hybridized carbons (Fsp3) is 0. The molecule has 12 rings (SSSR count). The summed E-state index contributed by atoms with van der Waals surface area (Å²) in [6.45, 7) is 0. The standard InChI is InChI=1S/C50H32N4/c1-2-12-38-37(11-1)43-29-31-51(33-21-25-35(26-22-33)53-45-17-7-3-13-39(45)40-14-4-8-18-46(40)53)49(43)50-44(38)30-32-52(50)34-23-27-36(28-24-34)54-47-19-9-5-15-41(47)42-16-6-10-20-48(42)54/h1-32H. The number of fused-ring (bicyclic) bond motifs is 12. The van der Waals surface area contributed by atoms with Gasteiger partial charge in [-0.1, -0.05) is 97.1 Å². The average Bonchev–Trinajstić information content (AvgIpc) is 4.02. The zero-order valence-electron chi connectivity index (χ0n) is 29.3. The second-order valence-corrected chi connectivity index (χ2v) is 14.2. The third-order valence-corrected chi connectivity index (χ3v) is 11.4. The molecule has 0 aliphatic carbocycles. The van der Waals surface area contributed by atoms with Crippen LogP contribution in [0.3, 0.4) is 0 Å². The molecule has 54 heavy (non-hydrogen) atoms. The van der Waals surface area contributed by atoms with E-state index in [2.05, 4.69) is 213 Å². The first-order chi connectivity index (χ1) is 26.8. The summed E-state index contributed by atoms with van der Waals surface area (Å²) in [5, 5.41) is 10.1. The number of hydrogen-bond donors (Lipinski definition) is 0. The van der Waals surface area contributed by atoms with Crippen molar-refractivity contribution in [3.05, 3.63) is 194 Å². The van der Waals surface area contributed by atoms with Gasteiger partial charge in [0.05, 0.1) is 33.1 Å². The van der Waals surface area contributed by atoms with Crippen molar-refractivity contribution in [3.8, 4) is 22.7 Å². The lowest BCUT2D eigenvalue weighted by Gasteiger charge is -2.14. The SMILES string of the molecule is c1ccc2c(c1)c1ccn(-c3ccc(-n4c5ccccc5c5ccccc54)cc3)c1c1c2ccn1-c1ccc(-n2c3ccccc3c3ccccc32)cc1. The number of para-hydroxylation sites is 4. The van der Waals surface area contributed by atoms with E-state index in [4.69, 9.17) is 0 Å². The number of nitrogens with zero attached hydrogens (tertiary/aromatic N) is 4. The Balaban J connectivity index is 1.03. The molecule has 0 radical (unpaired) electrons. The number of aromatic nitrogens is 4. The van der Waals surface area contributed by atoms with Gasteiger partial charge in [-0.3, -0.25) is 0 Å². The molecular formula is C50H32N4. The van der Waals surface area contributed by atoms with E-state index < -0.39 is 0 Å². The van der Waals surface area contributed by atoms with E-state index in [9.17, 15) is 0 Å². The van der Waals surface area contributed by atoms with Crippen LogP contribution < -0.4 is 0 Å². The van der Waals surface area contributed by atoms with Crippen molar-refractivity contribution in [1.82, 2.24) is 18.3 Å². The zero-order valence-corrected chi connectivity index (χ0v) is 29.3. The molecule has 0 bridgehead atoms. The average molecular weight is 689 g/mol. The van der Waals surface area contributed by atoms with Gasteiger partial charge in [0.15, 0.2) is 0 Å². The third-order valence-electron chi connectivity index (χ3n) is 11.4. The van der Waals surface area contributed by atoms with Gasteiger partial charge in [-0.05, 0) is 95.7 Å². The van der Waals surface area contributed by atoms with Crippen molar-refractivity contribution in [3.63, 3.8) is 0 Å². The summed E-state index contributed by atoms with van der Waals surface area (Å²) < 4.78 is 9.48. The Morgan fingerprint density at radius 1 is 0.222 bits per heavy atom. The highest BCUT2D eigenvalue weighted by molar-refractivity contribution is 6.24. The summed E-state index contributed by atoms with van der Waals surface area (Å²) in [7, 11) is 0. The fourth-order valence-corrected chi connectivity index (χ4v) is 9.09. The summed E-state index contributed by atoms with van der Waals surface area (Å²) in [6.07, 6.45) is 4.46. The first-order valence-electron chi connectivity index (χ1n) is 18.5. The molecule has 4 aromatic heterocycles. The van der Waals surface area contributed by atoms with Gasteiger partial charge in [0.1, 0.15) is 0 Å². The number of rotatable bonds is 4. The molecule has 0 saturated heterocycles. The molecule has 0 aliphatic rings. The Morgan fingerprint density at radius 2 is 0.500 bits per heavy atom. The van der Waals surface area contributed by atoms with Crippen LogP contribution in [0.4, 0.5) is 0 Å². The summed E-state index contributed by atoms with van der Waals surface area (Å²) in [4.78, 5) is 0. The van der Waals surface area contributed by atoms with Gasteiger partial charge in [0, 0.05) is 67.5 Å². The lowest BCUT2D eigenvalue weighted by atomic mass is 10.0. The molecule has 252 valence electrons. The van der Waals surface area contributed by atoms with Crippen molar-refractivity contribution in [2.75, 3.05) is 0 Å². The highest BCUT2D eigenvalue weighted by Crippen LogP contribution is 2.40. The maximum absolute atomic E-state index is 2.38. The monoisotopic (exact) mass is 688 g/mol. The zero-order chi connectivity index (χ0) is 35.3. The third kappa shape index (κ3) is 4.02. The smallest absolute Gasteiger partial charge is 0.0783 e. The van der Waals surface area contributed by atoms with Gasteiger partial charge in [-0.15, -0.1) is 0 Å². The van der Waals surface area contributed by atoms with E-state index >= 15 is 0 Å². The Morgan fingerprint density at radius 3 is 0.833 bits per heavy atom. The molecule has 4 heteroatoms. The fourth-order valence-electron chi connectivity index (χ4n) is 9.09. The van der Waals surface area contributed by atoms with Gasteiger partial charge in [-0.2, -0.15) is 0 Å². The normalized spacial score (nSPS) is 12.1. The molecule has 0 N–H and O–H groups in total. The molecule has 4 nitrogen and oxygen atoms in total. The Hall–Kier alpha value is -7.30. The van der Waals surface area contributed by atoms with Crippen LogP contribution in [-0.2, 0) is 0 Å². The molecule has 0 spiro atoms. The molecule has 8 aromatic carbocycles. The molecule has 0 unspecified atom stereocenters. The lowest BCUT2D eigenvalue weighted by Crippen LogP contribution is -1.99. The van der Waals surface area contributed by atoms with Crippen molar-refractivity contribution in [1.29, 1.82) is 0 Å². The molecule has 0 saturated carbocycles. The van der Waals surface area contributed by atoms with Crippen LogP contribution in [-0.4, -0.2) is 18.3 Å². The molecule has 12 aromatic rings. The van der Waals surface area contributed by atoms with Gasteiger partial charge >= 0.3 is 0 Å². The Labute approximate surface area is 310 Å². The van der Waals surface area contributed by atoms with Crippen LogP contribution in [0.5, 0.6) is 0 Å². The van der Waals surface area contributed by atoms with Gasteiger partial charge in [0.25, 0.3) is 0 Å². The van der Waals surface area contributed by atoms with Crippen LogP contribution >= 0.6 is 0 Å². The summed E-state index contributed by atoms with van der Waals surface area (Å²) in [5.74, 6) is 0. The highest BCUT2D eigenvalue weighted by Gasteiger charge is 2.19. The minimum atomic E-state index is 1.13. The summed E-state index contributed by atoms with van der Waals surface area (Å²) >= 11 is 0. The van der Waals surface area contributed by atoms with E-state index in [1.165, 1.54) is 76.2 Å². The minimum Gasteiger partial charge on any atom is -0.315 e. The largest absolute Gasteiger partial charge is 0.315 e. The van der Waals surface area contributed by atoms with Crippen LogP contribution in [0.2, 0.25) is 0 Å². The summed E-state index contributed by atoms with van der Waals surface area (Å²) in [6, 6.07) is 66.2. The maximum atomic E-state index is 2.38. The molecule has 0 aliphatic heterocycles. The van der Waals surface area contributed by atoms with Gasteiger partial charge in [0.2, 0.25) is 0 Å². The second-order valence-electron chi connectivity index (χ2n) is 14.2. The number of hydrogen-bond acceptors (Lipinski definition) is 0. The van der Waals surface area contributed by atoms with E-state index in [1.807, 2.05) is 0 Å². The molecule has 0 fully saturated rings. The molecule has 4 heterocycles. The van der Waals surface area contributed by atoms with Crippen LogP contribution in [0.15, 0.2) is 194 Å². The topological polar surface area (TPSA) is 19.7 Å². The van der Waals surface area contributed by atoms with E-state index in [0.29, 0.717) is 0 Å². The first-order valence-corrected chi connectivity index (χ1v) is 18.5. The predicted molar refractivity (Wildman–Crippen MR) is 226 cm³/mol. The Kier molecular flexibility index (Phi) is 6.02. The molecule has 0 amide bonds. The maximum Gasteiger partial charge on any atom is 0.0783 e. The predicted octanol–water partition coefficient (Wildman–Crippen LogP) is 12.9. The quantitative estimate of drug-likeness (QED) is 0.175. The molecular weight excluding hydrogens is 657 g/mol. The van der Waals surface area contributed by atoms with Crippen molar-refractivity contribution in [2.45, 2.75) is 0 Å². The van der Waals surface area contributed by atoms with E-state index in [-0.39, 0.29) is 0 Å². The van der Waals surface area contributed by atoms with Crippen molar-refractivity contribution >= 4 is 76.2 Å². The highest BCUT2D eigenvalue weighted by atomic mass is 15.0. The minimum absolute atomic E-state index is 1.13. The molecule has 0 atom stereocenters. The summed E-state index contributed by atoms with van der Waals surface area (Å²) in [5.41, 5.74) is 11.8. The van der Waals surface area contributed by atoms with Crippen molar-refractivity contribution in [2.24, 2.45) is 0 Å². The van der Waals surface area contributed by atoms with Crippen LogP contribution in [0, 0.1) is 0 Å². The Bertz CT molecular complexity index is 3090. The van der Waals surface area contributed by atoms with Gasteiger partial charge in [-0.25, -0.2) is 0 Å². The van der Waals surface area contributed by atoms with E-state index in [0.717, 1.165) is 22.7 Å². The van der Waals surface area contributed by atoms with Crippen molar-refractivity contribution < 1.29 is 0 Å². The van der Waals surface area contributed by atoms with Crippen LogP contribution in [0.25, 0.3) is 98.9 Å². The van der Waals surface area contributed by atoms with Crippen LogP contribution in [0.1, 0.15) is 0 Å². The first kappa shape index (κ1) is 29.3.